The molecule has 0 aromatic carbocycles. The fraction of sp³-hybridized carbons (Fsp3) is 0.182. The summed E-state index contributed by atoms with van der Waals surface area (Å²) in [5.74, 6) is -1.38. The summed E-state index contributed by atoms with van der Waals surface area (Å²) in [6.45, 7) is 1.72. The summed E-state index contributed by atoms with van der Waals surface area (Å²) < 4.78 is 1.73. The molecule has 6 nitrogen and oxygen atoms in total. The molecule has 1 unspecified atom stereocenters. The topological polar surface area (TPSA) is 92.2 Å². The number of carbonyl (C=O) groups is 1. The summed E-state index contributed by atoms with van der Waals surface area (Å²) in [6.07, 6.45) is 1.04. The van der Waals surface area contributed by atoms with Crippen molar-refractivity contribution in [1.82, 2.24) is 9.55 Å². The van der Waals surface area contributed by atoms with Gasteiger partial charge in [0, 0.05) is 11.1 Å². The lowest BCUT2D eigenvalue weighted by atomic mass is 10.2. The SMILES string of the molecule is CC(c1ccc(Cl)s1)n1cc(C(=O)O)c(=O)[nH]c1=O. The van der Waals surface area contributed by atoms with Crippen molar-refractivity contribution in [2.75, 3.05) is 0 Å². The van der Waals surface area contributed by atoms with E-state index >= 15 is 0 Å². The lowest BCUT2D eigenvalue weighted by molar-refractivity contribution is 0.0693. The van der Waals surface area contributed by atoms with Crippen LogP contribution in [0, 0.1) is 0 Å². The Kier molecular flexibility index (Phi) is 3.59. The van der Waals surface area contributed by atoms with Crippen LogP contribution in [-0.2, 0) is 0 Å². The Morgan fingerprint density at radius 2 is 2.16 bits per heavy atom. The van der Waals surface area contributed by atoms with E-state index in [-0.39, 0.29) is 0 Å². The van der Waals surface area contributed by atoms with Crippen LogP contribution in [0.1, 0.15) is 28.2 Å². The third-order valence-electron chi connectivity index (χ3n) is 2.62. The number of H-pyrrole nitrogens is 1. The molecule has 0 aliphatic heterocycles. The first-order valence-electron chi connectivity index (χ1n) is 5.24. The van der Waals surface area contributed by atoms with Crippen LogP contribution in [0.15, 0.2) is 27.9 Å². The number of carboxylic acid groups (broad SMARTS) is 1. The molecule has 2 N–H and O–H groups in total. The first-order valence-corrected chi connectivity index (χ1v) is 6.43. The molecule has 2 heterocycles. The Labute approximate surface area is 115 Å². The van der Waals surface area contributed by atoms with Crippen molar-refractivity contribution < 1.29 is 9.90 Å². The molecule has 0 radical (unpaired) electrons. The predicted octanol–water partition coefficient (Wildman–Crippen LogP) is 1.56. The van der Waals surface area contributed by atoms with E-state index < -0.39 is 28.8 Å². The van der Waals surface area contributed by atoms with E-state index in [1.165, 1.54) is 11.3 Å². The summed E-state index contributed by atoms with van der Waals surface area (Å²) in [4.78, 5) is 36.7. The fourth-order valence-electron chi connectivity index (χ4n) is 1.62. The Hall–Kier alpha value is -1.86. The molecule has 8 heteroatoms. The van der Waals surface area contributed by atoms with Crippen LogP contribution in [0.4, 0.5) is 0 Å². The van der Waals surface area contributed by atoms with Gasteiger partial charge in [-0.15, -0.1) is 11.3 Å². The fourth-order valence-corrected chi connectivity index (χ4v) is 2.73. The summed E-state index contributed by atoms with van der Waals surface area (Å²) in [7, 11) is 0. The minimum absolute atomic E-state index is 0.417. The Morgan fingerprint density at radius 3 is 2.68 bits per heavy atom. The van der Waals surface area contributed by atoms with Crippen molar-refractivity contribution in [2.24, 2.45) is 0 Å². The van der Waals surface area contributed by atoms with Crippen LogP contribution < -0.4 is 11.2 Å². The van der Waals surface area contributed by atoms with E-state index in [1.54, 1.807) is 19.1 Å². The standard InChI is InChI=1S/C11H9ClN2O4S/c1-5(7-2-3-8(12)19-7)14-4-6(10(16)17)9(15)13-11(14)18/h2-5H,1H3,(H,16,17)(H,13,15,18). The highest BCUT2D eigenvalue weighted by Gasteiger charge is 2.17. The summed E-state index contributed by atoms with van der Waals surface area (Å²) >= 11 is 7.10. The van der Waals surface area contributed by atoms with Crippen molar-refractivity contribution >= 4 is 28.9 Å². The number of nitrogens with zero attached hydrogens (tertiary/aromatic N) is 1. The number of hydrogen-bond acceptors (Lipinski definition) is 4. The van der Waals surface area contributed by atoms with Crippen LogP contribution in [0.2, 0.25) is 4.34 Å². The molecule has 0 spiro atoms. The smallest absolute Gasteiger partial charge is 0.342 e. The molecule has 0 bridgehead atoms. The molecule has 0 saturated heterocycles. The van der Waals surface area contributed by atoms with Gasteiger partial charge in [0.25, 0.3) is 5.56 Å². The maximum Gasteiger partial charge on any atom is 0.342 e. The maximum absolute atomic E-state index is 11.7. The van der Waals surface area contributed by atoms with Gasteiger partial charge in [-0.2, -0.15) is 0 Å². The zero-order valence-corrected chi connectivity index (χ0v) is 11.3. The van der Waals surface area contributed by atoms with Gasteiger partial charge in [-0.25, -0.2) is 9.59 Å². The molecule has 0 aliphatic rings. The van der Waals surface area contributed by atoms with Crippen molar-refractivity contribution in [1.29, 1.82) is 0 Å². The normalized spacial score (nSPS) is 12.3. The molecule has 2 rings (SSSR count). The number of aromatic carboxylic acids is 1. The molecule has 2 aromatic heterocycles. The van der Waals surface area contributed by atoms with Gasteiger partial charge < -0.3 is 5.11 Å². The highest BCUT2D eigenvalue weighted by molar-refractivity contribution is 7.16. The van der Waals surface area contributed by atoms with E-state index in [4.69, 9.17) is 16.7 Å². The first-order chi connectivity index (χ1) is 8.90. The van der Waals surface area contributed by atoms with Gasteiger partial charge in [-0.05, 0) is 19.1 Å². The summed E-state index contributed by atoms with van der Waals surface area (Å²) in [5.41, 5.74) is -2.05. The van der Waals surface area contributed by atoms with E-state index in [2.05, 4.69) is 0 Å². The van der Waals surface area contributed by atoms with E-state index in [0.29, 0.717) is 4.34 Å². The van der Waals surface area contributed by atoms with Crippen molar-refractivity contribution in [2.45, 2.75) is 13.0 Å². The number of aromatic amines is 1. The van der Waals surface area contributed by atoms with Crippen molar-refractivity contribution in [3.63, 3.8) is 0 Å². The van der Waals surface area contributed by atoms with Crippen LogP contribution in [0.3, 0.4) is 0 Å². The predicted molar refractivity (Wildman–Crippen MR) is 71.4 cm³/mol. The quantitative estimate of drug-likeness (QED) is 0.899. The molecule has 2 aromatic rings. The zero-order valence-electron chi connectivity index (χ0n) is 9.71. The van der Waals surface area contributed by atoms with Crippen molar-refractivity contribution in [3.05, 3.63) is 53.9 Å². The van der Waals surface area contributed by atoms with Crippen LogP contribution in [0.25, 0.3) is 0 Å². The number of nitrogens with one attached hydrogen (secondary N) is 1. The molecule has 0 fully saturated rings. The molecular formula is C11H9ClN2O4S. The first kappa shape index (κ1) is 13.6. The number of carboxylic acids is 1. The Balaban J connectivity index is 2.56. The number of aromatic nitrogens is 2. The van der Waals surface area contributed by atoms with Crippen LogP contribution in [-0.4, -0.2) is 20.6 Å². The summed E-state index contributed by atoms with van der Waals surface area (Å²) in [6, 6.07) is 3.02. The largest absolute Gasteiger partial charge is 0.477 e. The van der Waals surface area contributed by atoms with Gasteiger partial charge in [0.05, 0.1) is 10.4 Å². The van der Waals surface area contributed by atoms with Gasteiger partial charge >= 0.3 is 11.7 Å². The van der Waals surface area contributed by atoms with Gasteiger partial charge in [0.1, 0.15) is 5.56 Å². The molecule has 19 heavy (non-hydrogen) atoms. The second kappa shape index (κ2) is 5.02. The van der Waals surface area contributed by atoms with Gasteiger partial charge in [-0.3, -0.25) is 14.3 Å². The molecule has 0 saturated carbocycles. The zero-order chi connectivity index (χ0) is 14.2. The van der Waals surface area contributed by atoms with Gasteiger partial charge in [0.2, 0.25) is 0 Å². The highest BCUT2D eigenvalue weighted by Crippen LogP contribution is 2.28. The number of hydrogen-bond donors (Lipinski definition) is 2. The van der Waals surface area contributed by atoms with E-state index in [9.17, 15) is 14.4 Å². The van der Waals surface area contributed by atoms with Crippen LogP contribution >= 0.6 is 22.9 Å². The third-order valence-corrected chi connectivity index (χ3v) is 4.02. The van der Waals surface area contributed by atoms with Gasteiger partial charge in [-0.1, -0.05) is 11.6 Å². The monoisotopic (exact) mass is 300 g/mol. The maximum atomic E-state index is 11.7. The lowest BCUT2D eigenvalue weighted by Gasteiger charge is -2.13. The Bertz CT molecular complexity index is 746. The minimum Gasteiger partial charge on any atom is -0.477 e. The van der Waals surface area contributed by atoms with Crippen molar-refractivity contribution in [3.8, 4) is 0 Å². The molecule has 0 aliphatic carbocycles. The highest BCUT2D eigenvalue weighted by atomic mass is 35.5. The summed E-state index contributed by atoms with van der Waals surface area (Å²) in [5, 5.41) is 8.88. The Morgan fingerprint density at radius 1 is 1.47 bits per heavy atom. The molecule has 0 amide bonds. The third kappa shape index (κ3) is 2.61. The minimum atomic E-state index is -1.38. The average molecular weight is 301 g/mol. The molecule has 100 valence electrons. The molecular weight excluding hydrogens is 292 g/mol. The second-order valence-electron chi connectivity index (χ2n) is 3.83. The number of thiophene rings is 1. The number of halogens is 1. The van der Waals surface area contributed by atoms with Crippen LogP contribution in [0.5, 0.6) is 0 Å². The van der Waals surface area contributed by atoms with E-state index in [0.717, 1.165) is 15.6 Å². The van der Waals surface area contributed by atoms with E-state index in [1.807, 2.05) is 4.98 Å². The molecule has 1 atom stereocenters. The second-order valence-corrected chi connectivity index (χ2v) is 5.58. The van der Waals surface area contributed by atoms with Gasteiger partial charge in [0.15, 0.2) is 0 Å². The lowest BCUT2D eigenvalue weighted by Crippen LogP contribution is -2.34. The average Bonchev–Trinajstić information content (AvgIpc) is 2.74. The number of rotatable bonds is 3.